The minimum atomic E-state index is 0.369. The van der Waals surface area contributed by atoms with Crippen molar-refractivity contribution in [3.05, 3.63) is 42.0 Å². The van der Waals surface area contributed by atoms with Crippen LogP contribution in [0.4, 0.5) is 11.8 Å². The third-order valence-electron chi connectivity index (χ3n) is 6.63. The van der Waals surface area contributed by atoms with E-state index < -0.39 is 0 Å². The van der Waals surface area contributed by atoms with Gasteiger partial charge in [-0.2, -0.15) is 4.98 Å². The molecule has 2 N–H and O–H groups in total. The fraction of sp³-hybridized carbons (Fsp3) is 0.517. The summed E-state index contributed by atoms with van der Waals surface area (Å²) in [6, 6.07) is 13.1. The van der Waals surface area contributed by atoms with Gasteiger partial charge in [0.15, 0.2) is 11.5 Å². The fourth-order valence-electron chi connectivity index (χ4n) is 4.90. The van der Waals surface area contributed by atoms with Crippen LogP contribution in [0.5, 0.6) is 17.2 Å². The van der Waals surface area contributed by atoms with E-state index in [1.807, 2.05) is 58.0 Å². The Hall–Kier alpha value is -3.26. The lowest BCUT2D eigenvalue weighted by Gasteiger charge is -2.30. The van der Waals surface area contributed by atoms with Gasteiger partial charge in [-0.25, -0.2) is 4.98 Å². The zero-order chi connectivity index (χ0) is 26.2. The predicted molar refractivity (Wildman–Crippen MR) is 150 cm³/mol. The Balaban J connectivity index is 1.36. The van der Waals surface area contributed by atoms with Crippen LogP contribution >= 0.6 is 0 Å². The Morgan fingerprint density at radius 3 is 2.08 bits per heavy atom. The van der Waals surface area contributed by atoms with Crippen molar-refractivity contribution in [2.24, 2.45) is 0 Å². The van der Waals surface area contributed by atoms with Crippen molar-refractivity contribution in [2.75, 3.05) is 44.1 Å². The summed E-state index contributed by atoms with van der Waals surface area (Å²) in [6.45, 7) is 8.42. The fourth-order valence-corrected chi connectivity index (χ4v) is 4.90. The number of ether oxygens (including phenoxy) is 3. The molecule has 0 atom stereocenters. The molecule has 1 saturated carbocycles. The highest BCUT2D eigenvalue weighted by atomic mass is 16.5. The summed E-state index contributed by atoms with van der Waals surface area (Å²) in [5, 5.41) is 8.41. The zero-order valence-corrected chi connectivity index (χ0v) is 22.8. The van der Waals surface area contributed by atoms with E-state index in [0.717, 1.165) is 66.0 Å². The third-order valence-corrected chi connectivity index (χ3v) is 6.63. The highest BCUT2D eigenvalue weighted by molar-refractivity contribution is 5.90. The van der Waals surface area contributed by atoms with Gasteiger partial charge in [-0.3, -0.25) is 0 Å². The average Bonchev–Trinajstić information content (AvgIpc) is 2.90. The van der Waals surface area contributed by atoms with E-state index in [4.69, 9.17) is 24.2 Å². The second kappa shape index (κ2) is 12.8. The smallest absolute Gasteiger partial charge is 0.225 e. The van der Waals surface area contributed by atoms with Gasteiger partial charge >= 0.3 is 0 Å². The van der Waals surface area contributed by atoms with E-state index in [-0.39, 0.29) is 0 Å². The molecule has 8 heteroatoms. The summed E-state index contributed by atoms with van der Waals surface area (Å²) >= 11 is 0. The molecule has 0 unspecified atom stereocenters. The topological polar surface area (TPSA) is 80.8 Å². The Kier molecular flexibility index (Phi) is 9.28. The number of nitrogens with zero attached hydrogens (tertiary/aromatic N) is 3. The summed E-state index contributed by atoms with van der Waals surface area (Å²) in [4.78, 5) is 11.6. The maximum absolute atomic E-state index is 5.87. The van der Waals surface area contributed by atoms with E-state index in [1.54, 1.807) is 0 Å². The van der Waals surface area contributed by atoms with Crippen molar-refractivity contribution < 1.29 is 14.2 Å². The number of nitrogens with one attached hydrogen (secondary N) is 2. The minimum absolute atomic E-state index is 0.369. The molecule has 1 fully saturated rings. The largest absolute Gasteiger partial charge is 0.490 e. The van der Waals surface area contributed by atoms with Crippen LogP contribution in [0.1, 0.15) is 52.0 Å². The first-order valence-corrected chi connectivity index (χ1v) is 13.5. The van der Waals surface area contributed by atoms with Crippen LogP contribution in [0.2, 0.25) is 0 Å². The molecular formula is C29H41N5O3. The van der Waals surface area contributed by atoms with Crippen molar-refractivity contribution in [1.82, 2.24) is 15.3 Å². The van der Waals surface area contributed by atoms with Crippen molar-refractivity contribution in [3.8, 4) is 17.2 Å². The second-order valence-electron chi connectivity index (χ2n) is 9.58. The number of benzene rings is 2. The number of para-hydroxylation sites is 1. The van der Waals surface area contributed by atoms with Gasteiger partial charge in [-0.1, -0.05) is 12.1 Å². The monoisotopic (exact) mass is 507 g/mol. The molecule has 1 aliphatic carbocycles. The van der Waals surface area contributed by atoms with Crippen molar-refractivity contribution in [1.29, 1.82) is 0 Å². The number of aromatic nitrogens is 2. The van der Waals surface area contributed by atoms with Crippen molar-refractivity contribution in [3.63, 3.8) is 0 Å². The normalized spacial score (nSPS) is 17.4. The third kappa shape index (κ3) is 6.74. The molecule has 0 saturated heterocycles. The van der Waals surface area contributed by atoms with E-state index in [9.17, 15) is 0 Å². The number of rotatable bonds is 12. The van der Waals surface area contributed by atoms with Crippen LogP contribution in [0, 0.1) is 0 Å². The summed E-state index contributed by atoms with van der Waals surface area (Å²) in [5.74, 6) is 3.83. The number of hydrogen-bond acceptors (Lipinski definition) is 8. The van der Waals surface area contributed by atoms with Crippen LogP contribution in [-0.4, -0.2) is 56.0 Å². The molecule has 3 aromatic rings. The molecule has 0 bridgehead atoms. The van der Waals surface area contributed by atoms with Gasteiger partial charge in [0, 0.05) is 38.1 Å². The molecule has 200 valence electrons. The molecule has 1 aliphatic rings. The zero-order valence-electron chi connectivity index (χ0n) is 22.8. The van der Waals surface area contributed by atoms with Gasteiger partial charge in [0.25, 0.3) is 0 Å². The standard InChI is InChI=1S/C29H41N5O3/c1-6-35-25-17-20(18-26(36-7-2)27(25)37-8-3)19-30-21-13-15-22(16-14-21)31-29-32-24-12-10-9-11-23(24)28(33-29)34(4)5/h9-12,17-18,21-22,30H,6-8,13-16,19H2,1-5H3,(H,31,32,33). The van der Waals surface area contributed by atoms with Gasteiger partial charge in [0.1, 0.15) is 5.82 Å². The van der Waals surface area contributed by atoms with Crippen molar-refractivity contribution in [2.45, 2.75) is 65.1 Å². The number of fused-ring (bicyclic) bond motifs is 1. The van der Waals surface area contributed by atoms with Crippen LogP contribution in [0.3, 0.4) is 0 Å². The molecule has 4 rings (SSSR count). The predicted octanol–water partition coefficient (Wildman–Crippen LogP) is 5.40. The molecule has 8 nitrogen and oxygen atoms in total. The molecular weight excluding hydrogens is 466 g/mol. The Morgan fingerprint density at radius 2 is 1.46 bits per heavy atom. The SMILES string of the molecule is CCOc1cc(CNC2CCC(Nc3nc(N(C)C)c4ccccc4n3)CC2)cc(OCC)c1OCC. The van der Waals surface area contributed by atoms with Gasteiger partial charge in [0.05, 0.1) is 25.3 Å². The molecule has 0 aliphatic heterocycles. The first-order chi connectivity index (χ1) is 18.0. The maximum Gasteiger partial charge on any atom is 0.225 e. The van der Waals surface area contributed by atoms with Crippen LogP contribution in [-0.2, 0) is 6.54 Å². The lowest BCUT2D eigenvalue weighted by Crippen LogP contribution is -2.37. The highest BCUT2D eigenvalue weighted by Gasteiger charge is 2.23. The lowest BCUT2D eigenvalue weighted by atomic mass is 9.91. The van der Waals surface area contributed by atoms with E-state index in [0.29, 0.717) is 43.6 Å². The van der Waals surface area contributed by atoms with Crippen LogP contribution in [0.25, 0.3) is 10.9 Å². The second-order valence-corrected chi connectivity index (χ2v) is 9.58. The van der Waals surface area contributed by atoms with E-state index >= 15 is 0 Å². The summed E-state index contributed by atoms with van der Waals surface area (Å²) in [5.41, 5.74) is 2.10. The molecule has 0 amide bonds. The van der Waals surface area contributed by atoms with Crippen molar-refractivity contribution >= 4 is 22.7 Å². The molecule has 37 heavy (non-hydrogen) atoms. The van der Waals surface area contributed by atoms with Crippen LogP contribution in [0.15, 0.2) is 36.4 Å². The summed E-state index contributed by atoms with van der Waals surface area (Å²) < 4.78 is 17.6. The number of anilines is 2. The maximum atomic E-state index is 5.87. The first kappa shape index (κ1) is 26.8. The van der Waals surface area contributed by atoms with Gasteiger partial charge < -0.3 is 29.7 Å². The van der Waals surface area contributed by atoms with Crippen LogP contribution < -0.4 is 29.7 Å². The Labute approximate surface area is 220 Å². The Bertz CT molecular complexity index is 1130. The molecule has 0 radical (unpaired) electrons. The first-order valence-electron chi connectivity index (χ1n) is 13.5. The average molecular weight is 508 g/mol. The highest BCUT2D eigenvalue weighted by Crippen LogP contribution is 2.39. The molecule has 1 aromatic heterocycles. The van der Waals surface area contributed by atoms with Gasteiger partial charge in [0.2, 0.25) is 11.7 Å². The number of hydrogen-bond donors (Lipinski definition) is 2. The van der Waals surface area contributed by atoms with E-state index in [1.165, 1.54) is 0 Å². The summed E-state index contributed by atoms with van der Waals surface area (Å²) in [6.07, 6.45) is 4.34. The van der Waals surface area contributed by atoms with Gasteiger partial charge in [-0.15, -0.1) is 0 Å². The molecule has 0 spiro atoms. The van der Waals surface area contributed by atoms with Gasteiger partial charge in [-0.05, 0) is 76.3 Å². The lowest BCUT2D eigenvalue weighted by molar-refractivity contribution is 0.260. The molecule has 2 aromatic carbocycles. The Morgan fingerprint density at radius 1 is 0.838 bits per heavy atom. The minimum Gasteiger partial charge on any atom is -0.490 e. The quantitative estimate of drug-likeness (QED) is 0.337. The van der Waals surface area contributed by atoms with E-state index in [2.05, 4.69) is 28.8 Å². The molecule has 1 heterocycles. The summed E-state index contributed by atoms with van der Waals surface area (Å²) in [7, 11) is 4.04.